The van der Waals surface area contributed by atoms with Crippen molar-refractivity contribution in [3.8, 4) is 0 Å². The zero-order chi connectivity index (χ0) is 15.4. The Labute approximate surface area is 131 Å². The molecule has 0 heterocycles. The highest BCUT2D eigenvalue weighted by Gasteiger charge is 2.25. The number of carboxylic acids is 1. The van der Waals surface area contributed by atoms with E-state index in [1.807, 2.05) is 0 Å². The molecular weight excluding hydrogens is 340 g/mol. The number of hydrogen-bond acceptors (Lipinski definition) is 3. The van der Waals surface area contributed by atoms with Crippen LogP contribution >= 0.6 is 15.9 Å². The molecule has 2 rings (SSSR count). The van der Waals surface area contributed by atoms with Gasteiger partial charge >= 0.3 is 12.0 Å². The molecule has 0 bridgehead atoms. The second-order valence-electron chi connectivity index (χ2n) is 4.97. The number of nitrogens with one attached hydrogen (secondary N) is 2. The number of urea groups is 1. The fraction of sp³-hybridized carbons (Fsp3) is 0.429. The van der Waals surface area contributed by atoms with Gasteiger partial charge in [0, 0.05) is 17.6 Å². The van der Waals surface area contributed by atoms with Crippen molar-refractivity contribution in [3.63, 3.8) is 0 Å². The smallest absolute Gasteiger partial charge is 0.335 e. The number of amides is 2. The van der Waals surface area contributed by atoms with Crippen molar-refractivity contribution in [3.05, 3.63) is 28.2 Å². The Bertz CT molecular complexity index is 550. The van der Waals surface area contributed by atoms with E-state index in [0.29, 0.717) is 10.2 Å². The van der Waals surface area contributed by atoms with Gasteiger partial charge in [0.15, 0.2) is 0 Å². The minimum Gasteiger partial charge on any atom is -0.478 e. The molecule has 6 nitrogen and oxygen atoms in total. The number of methoxy groups -OCH3 is 1. The number of aromatic carboxylic acids is 1. The average molecular weight is 357 g/mol. The second-order valence-corrected chi connectivity index (χ2v) is 5.82. The number of rotatable bonds is 4. The Morgan fingerprint density at radius 1 is 1.38 bits per heavy atom. The first-order valence-corrected chi connectivity index (χ1v) is 7.42. The van der Waals surface area contributed by atoms with Crippen molar-refractivity contribution in [2.75, 3.05) is 12.4 Å². The summed E-state index contributed by atoms with van der Waals surface area (Å²) in [6.07, 6.45) is 2.85. The van der Waals surface area contributed by atoms with Crippen LogP contribution in [0.2, 0.25) is 0 Å². The summed E-state index contributed by atoms with van der Waals surface area (Å²) in [4.78, 5) is 22.8. The molecule has 1 fully saturated rings. The molecule has 21 heavy (non-hydrogen) atoms. The molecule has 1 saturated carbocycles. The molecule has 0 saturated heterocycles. The third kappa shape index (κ3) is 4.18. The van der Waals surface area contributed by atoms with E-state index in [0.717, 1.165) is 19.3 Å². The number of carboxylic acid groups (broad SMARTS) is 1. The van der Waals surface area contributed by atoms with Crippen molar-refractivity contribution in [1.29, 1.82) is 0 Å². The van der Waals surface area contributed by atoms with Crippen molar-refractivity contribution < 1.29 is 19.4 Å². The van der Waals surface area contributed by atoms with E-state index in [9.17, 15) is 9.59 Å². The van der Waals surface area contributed by atoms with Gasteiger partial charge in [-0.2, -0.15) is 0 Å². The highest BCUT2D eigenvalue weighted by atomic mass is 79.9. The van der Waals surface area contributed by atoms with Gasteiger partial charge in [-0.05, 0) is 53.4 Å². The van der Waals surface area contributed by atoms with Crippen molar-refractivity contribution in [1.82, 2.24) is 5.32 Å². The maximum absolute atomic E-state index is 11.9. The van der Waals surface area contributed by atoms with E-state index in [1.165, 1.54) is 12.1 Å². The monoisotopic (exact) mass is 356 g/mol. The summed E-state index contributed by atoms with van der Waals surface area (Å²) in [5.41, 5.74) is 0.686. The minimum absolute atomic E-state index is 0.104. The van der Waals surface area contributed by atoms with Crippen LogP contribution in [0.15, 0.2) is 22.7 Å². The first-order valence-electron chi connectivity index (χ1n) is 6.62. The van der Waals surface area contributed by atoms with Gasteiger partial charge in [-0.3, -0.25) is 0 Å². The number of carbonyl (C=O) groups is 2. The first-order chi connectivity index (χ1) is 9.99. The number of hydrogen-bond donors (Lipinski definition) is 3. The van der Waals surface area contributed by atoms with E-state index < -0.39 is 5.97 Å². The quantitative estimate of drug-likeness (QED) is 0.773. The van der Waals surface area contributed by atoms with Crippen LogP contribution in [0.4, 0.5) is 10.5 Å². The Hall–Kier alpha value is -1.60. The van der Waals surface area contributed by atoms with Crippen molar-refractivity contribution in [2.24, 2.45) is 0 Å². The Morgan fingerprint density at radius 2 is 2.14 bits per heavy atom. The van der Waals surface area contributed by atoms with Gasteiger partial charge in [-0.25, -0.2) is 9.59 Å². The lowest BCUT2D eigenvalue weighted by molar-refractivity contribution is 0.0697. The molecule has 2 amide bonds. The van der Waals surface area contributed by atoms with E-state index in [4.69, 9.17) is 9.84 Å². The van der Waals surface area contributed by atoms with Crippen LogP contribution in [0.5, 0.6) is 0 Å². The van der Waals surface area contributed by atoms with Gasteiger partial charge in [0.05, 0.1) is 17.4 Å². The molecule has 3 N–H and O–H groups in total. The molecule has 114 valence electrons. The highest BCUT2D eigenvalue weighted by Crippen LogP contribution is 2.24. The molecule has 0 radical (unpaired) electrons. The van der Waals surface area contributed by atoms with E-state index in [-0.39, 0.29) is 23.7 Å². The molecule has 2 atom stereocenters. The maximum Gasteiger partial charge on any atom is 0.335 e. The summed E-state index contributed by atoms with van der Waals surface area (Å²) in [5.74, 6) is -1.01. The largest absolute Gasteiger partial charge is 0.478 e. The van der Waals surface area contributed by atoms with E-state index >= 15 is 0 Å². The van der Waals surface area contributed by atoms with Gasteiger partial charge < -0.3 is 20.5 Å². The second kappa shape index (κ2) is 6.91. The summed E-state index contributed by atoms with van der Waals surface area (Å²) in [6.45, 7) is 0. The Balaban J connectivity index is 1.92. The van der Waals surface area contributed by atoms with Crippen LogP contribution in [0, 0.1) is 0 Å². The van der Waals surface area contributed by atoms with Gasteiger partial charge in [-0.15, -0.1) is 0 Å². The fourth-order valence-electron chi connectivity index (χ4n) is 2.38. The topological polar surface area (TPSA) is 87.7 Å². The first kappa shape index (κ1) is 15.8. The van der Waals surface area contributed by atoms with Crippen LogP contribution < -0.4 is 10.6 Å². The highest BCUT2D eigenvalue weighted by molar-refractivity contribution is 9.10. The standard InChI is InChI=1S/C14H17BrN2O4/c1-21-10-4-3-9(7-10)16-14(20)17-12-5-2-8(13(18)19)6-11(12)15/h2,5-6,9-10H,3-4,7H2,1H3,(H,18,19)(H2,16,17,20). The predicted octanol–water partition coefficient (Wildman–Crippen LogP) is 2.84. The van der Waals surface area contributed by atoms with Crippen molar-refractivity contribution in [2.45, 2.75) is 31.4 Å². The third-order valence-corrected chi connectivity index (χ3v) is 4.17. The Kier molecular flexibility index (Phi) is 5.19. The average Bonchev–Trinajstić information content (AvgIpc) is 2.88. The SMILES string of the molecule is COC1CCC(NC(=O)Nc2ccc(C(=O)O)cc2Br)C1. The van der Waals surface area contributed by atoms with Gasteiger partial charge in [0.2, 0.25) is 0 Å². The molecular formula is C14H17BrN2O4. The zero-order valence-corrected chi connectivity index (χ0v) is 13.1. The fourth-order valence-corrected chi connectivity index (χ4v) is 2.86. The molecule has 0 spiro atoms. The van der Waals surface area contributed by atoms with E-state index in [2.05, 4.69) is 26.6 Å². The van der Waals surface area contributed by atoms with Crippen molar-refractivity contribution >= 4 is 33.6 Å². The van der Waals surface area contributed by atoms with E-state index in [1.54, 1.807) is 13.2 Å². The number of halogens is 1. The number of ether oxygens (including phenoxy) is 1. The minimum atomic E-state index is -1.01. The molecule has 0 aliphatic heterocycles. The zero-order valence-electron chi connectivity index (χ0n) is 11.6. The Morgan fingerprint density at radius 3 is 2.71 bits per heavy atom. The summed E-state index contributed by atoms with van der Waals surface area (Å²) in [6, 6.07) is 4.25. The molecule has 1 aromatic carbocycles. The van der Waals surface area contributed by atoms with Crippen LogP contribution in [-0.2, 0) is 4.74 Å². The summed E-state index contributed by atoms with van der Waals surface area (Å²) in [5, 5.41) is 14.5. The molecule has 2 unspecified atom stereocenters. The summed E-state index contributed by atoms with van der Waals surface area (Å²) < 4.78 is 5.79. The van der Waals surface area contributed by atoms with Crippen LogP contribution in [-0.4, -0.2) is 36.4 Å². The normalized spacial score (nSPS) is 21.0. The van der Waals surface area contributed by atoms with Crippen LogP contribution in [0.25, 0.3) is 0 Å². The number of anilines is 1. The number of carbonyl (C=O) groups excluding carboxylic acids is 1. The third-order valence-electron chi connectivity index (χ3n) is 3.52. The lowest BCUT2D eigenvalue weighted by Gasteiger charge is -2.14. The number of benzene rings is 1. The van der Waals surface area contributed by atoms with Crippen LogP contribution in [0.1, 0.15) is 29.6 Å². The van der Waals surface area contributed by atoms with Gasteiger partial charge in [0.25, 0.3) is 0 Å². The van der Waals surface area contributed by atoms with Gasteiger partial charge in [0.1, 0.15) is 0 Å². The summed E-state index contributed by atoms with van der Waals surface area (Å²) >= 11 is 3.25. The lowest BCUT2D eigenvalue weighted by Crippen LogP contribution is -2.36. The molecule has 7 heteroatoms. The molecule has 1 aliphatic carbocycles. The lowest BCUT2D eigenvalue weighted by atomic mass is 10.2. The van der Waals surface area contributed by atoms with Crippen LogP contribution in [0.3, 0.4) is 0 Å². The molecule has 1 aromatic rings. The molecule has 1 aliphatic rings. The maximum atomic E-state index is 11.9. The predicted molar refractivity (Wildman–Crippen MR) is 81.7 cm³/mol. The molecule has 0 aromatic heterocycles. The van der Waals surface area contributed by atoms with Gasteiger partial charge in [-0.1, -0.05) is 0 Å². The summed E-state index contributed by atoms with van der Waals surface area (Å²) in [7, 11) is 1.67.